The number of anilines is 1. The van der Waals surface area contributed by atoms with Crippen molar-refractivity contribution < 1.29 is 27.5 Å². The summed E-state index contributed by atoms with van der Waals surface area (Å²) < 4.78 is 37.4. The Hall–Kier alpha value is -3.39. The second-order valence-electron chi connectivity index (χ2n) is 6.36. The average Bonchev–Trinajstić information content (AvgIpc) is 2.76. The van der Waals surface area contributed by atoms with Gasteiger partial charge in [0.2, 0.25) is 0 Å². The first kappa shape index (κ1) is 21.3. The smallest absolute Gasteiger partial charge is 0.337 e. The van der Waals surface area contributed by atoms with Gasteiger partial charge in [-0.2, -0.15) is 0 Å². The second kappa shape index (κ2) is 8.96. The highest BCUT2D eigenvalue weighted by atomic mass is 32.2. The van der Waals surface area contributed by atoms with Crippen molar-refractivity contribution in [2.75, 3.05) is 24.6 Å². The summed E-state index contributed by atoms with van der Waals surface area (Å²) in [6.45, 7) is 1.27. The third-order valence-electron chi connectivity index (χ3n) is 4.46. The zero-order valence-corrected chi connectivity index (χ0v) is 17.4. The predicted octanol–water partition coefficient (Wildman–Crippen LogP) is 3.38. The molecule has 7 nitrogen and oxygen atoms in total. The van der Waals surface area contributed by atoms with Crippen LogP contribution >= 0.6 is 0 Å². The summed E-state index contributed by atoms with van der Waals surface area (Å²) in [6.07, 6.45) is 0. The van der Waals surface area contributed by atoms with Gasteiger partial charge in [0, 0.05) is 0 Å². The topological polar surface area (TPSA) is 90.0 Å². The van der Waals surface area contributed by atoms with Gasteiger partial charge in [-0.3, -0.25) is 9.10 Å². The number of esters is 2. The SMILES string of the molecule is CCOC(=O)CN(c1ccc(C(=O)OC)cc1)S(=O)(=O)c1ccc2ccccc2c1. The molecule has 0 atom stereocenters. The summed E-state index contributed by atoms with van der Waals surface area (Å²) in [5.41, 5.74) is 0.490. The number of carbonyl (C=O) groups excluding carboxylic acids is 2. The number of methoxy groups -OCH3 is 1. The van der Waals surface area contributed by atoms with Gasteiger partial charge in [-0.05, 0) is 54.1 Å². The van der Waals surface area contributed by atoms with Crippen LogP contribution in [0.3, 0.4) is 0 Å². The van der Waals surface area contributed by atoms with E-state index in [9.17, 15) is 18.0 Å². The molecular formula is C22H21NO6S. The monoisotopic (exact) mass is 427 g/mol. The molecule has 0 fully saturated rings. The Kier molecular flexibility index (Phi) is 6.37. The molecule has 0 heterocycles. The lowest BCUT2D eigenvalue weighted by Gasteiger charge is -2.24. The summed E-state index contributed by atoms with van der Waals surface area (Å²) in [5.74, 6) is -1.23. The van der Waals surface area contributed by atoms with Crippen molar-refractivity contribution in [3.63, 3.8) is 0 Å². The van der Waals surface area contributed by atoms with E-state index >= 15 is 0 Å². The second-order valence-corrected chi connectivity index (χ2v) is 8.23. The molecule has 156 valence electrons. The highest BCUT2D eigenvalue weighted by molar-refractivity contribution is 7.92. The van der Waals surface area contributed by atoms with Crippen LogP contribution in [0.1, 0.15) is 17.3 Å². The number of ether oxygens (including phenoxy) is 2. The number of hydrogen-bond donors (Lipinski definition) is 0. The molecule has 30 heavy (non-hydrogen) atoms. The van der Waals surface area contributed by atoms with Crippen LogP contribution in [0.2, 0.25) is 0 Å². The van der Waals surface area contributed by atoms with Crippen LogP contribution in [0.4, 0.5) is 5.69 Å². The lowest BCUT2D eigenvalue weighted by molar-refractivity contribution is -0.141. The van der Waals surface area contributed by atoms with Crippen LogP contribution in [-0.4, -0.2) is 40.6 Å². The Balaban J connectivity index is 2.05. The first-order valence-corrected chi connectivity index (χ1v) is 10.7. The Labute approximate surface area is 174 Å². The van der Waals surface area contributed by atoms with Crippen molar-refractivity contribution >= 4 is 38.4 Å². The molecule has 0 saturated heterocycles. The molecule has 3 aromatic rings. The van der Waals surface area contributed by atoms with Gasteiger partial charge in [-0.1, -0.05) is 30.3 Å². The molecule has 0 aliphatic heterocycles. The van der Waals surface area contributed by atoms with Gasteiger partial charge in [-0.25, -0.2) is 13.2 Å². The van der Waals surface area contributed by atoms with Crippen molar-refractivity contribution in [2.45, 2.75) is 11.8 Å². The van der Waals surface area contributed by atoms with Crippen molar-refractivity contribution in [3.8, 4) is 0 Å². The number of fused-ring (bicyclic) bond motifs is 1. The highest BCUT2D eigenvalue weighted by Gasteiger charge is 2.28. The van der Waals surface area contributed by atoms with E-state index in [1.54, 1.807) is 19.1 Å². The third kappa shape index (κ3) is 4.44. The van der Waals surface area contributed by atoms with E-state index in [-0.39, 0.29) is 22.8 Å². The Morgan fingerprint density at radius 2 is 1.60 bits per heavy atom. The first-order chi connectivity index (χ1) is 14.4. The number of hydrogen-bond acceptors (Lipinski definition) is 6. The average molecular weight is 427 g/mol. The number of carbonyl (C=O) groups is 2. The molecule has 0 amide bonds. The predicted molar refractivity (Wildman–Crippen MR) is 113 cm³/mol. The van der Waals surface area contributed by atoms with Gasteiger partial charge >= 0.3 is 11.9 Å². The molecule has 0 unspecified atom stereocenters. The fourth-order valence-electron chi connectivity index (χ4n) is 2.98. The summed E-state index contributed by atoms with van der Waals surface area (Å²) in [6, 6.07) is 17.9. The zero-order chi connectivity index (χ0) is 21.7. The van der Waals surface area contributed by atoms with Gasteiger partial charge < -0.3 is 9.47 Å². The Morgan fingerprint density at radius 1 is 0.933 bits per heavy atom. The van der Waals surface area contributed by atoms with Gasteiger partial charge in [0.15, 0.2) is 0 Å². The van der Waals surface area contributed by atoms with Crippen molar-refractivity contribution in [3.05, 3.63) is 72.3 Å². The fraction of sp³-hybridized carbons (Fsp3) is 0.182. The minimum absolute atomic E-state index is 0.0440. The molecule has 0 N–H and O–H groups in total. The number of rotatable bonds is 7. The number of sulfonamides is 1. The molecule has 0 aromatic heterocycles. The van der Waals surface area contributed by atoms with E-state index < -0.39 is 28.5 Å². The van der Waals surface area contributed by atoms with E-state index in [2.05, 4.69) is 4.74 Å². The summed E-state index contributed by atoms with van der Waals surface area (Å²) in [4.78, 5) is 23.9. The Bertz CT molecular complexity index is 1170. The molecule has 0 bridgehead atoms. The lowest BCUT2D eigenvalue weighted by atomic mass is 10.1. The van der Waals surface area contributed by atoms with Crippen molar-refractivity contribution in [1.82, 2.24) is 0 Å². The minimum Gasteiger partial charge on any atom is -0.465 e. The Morgan fingerprint density at radius 3 is 2.23 bits per heavy atom. The zero-order valence-electron chi connectivity index (χ0n) is 16.6. The number of nitrogens with zero attached hydrogens (tertiary/aromatic N) is 1. The minimum atomic E-state index is -4.08. The molecule has 3 rings (SSSR count). The highest BCUT2D eigenvalue weighted by Crippen LogP contribution is 2.27. The van der Waals surface area contributed by atoms with Gasteiger partial charge in [-0.15, -0.1) is 0 Å². The first-order valence-electron chi connectivity index (χ1n) is 9.22. The van der Waals surface area contributed by atoms with Crippen LogP contribution < -0.4 is 4.31 Å². The molecular weight excluding hydrogens is 406 g/mol. The maximum atomic E-state index is 13.4. The summed E-state index contributed by atoms with van der Waals surface area (Å²) in [5, 5.41) is 1.66. The maximum absolute atomic E-state index is 13.4. The van der Waals surface area contributed by atoms with E-state index in [0.717, 1.165) is 15.1 Å². The van der Waals surface area contributed by atoms with Crippen LogP contribution in [0.15, 0.2) is 71.6 Å². The number of benzene rings is 3. The standard InChI is InChI=1S/C22H21NO6S/c1-3-29-21(24)15-23(19-11-8-17(9-12-19)22(25)28-2)30(26,27)20-13-10-16-6-4-5-7-18(16)14-20/h4-14H,3,15H2,1-2H3. The van der Waals surface area contributed by atoms with Gasteiger partial charge in [0.25, 0.3) is 10.0 Å². The largest absolute Gasteiger partial charge is 0.465 e. The van der Waals surface area contributed by atoms with E-state index in [4.69, 9.17) is 4.74 Å². The molecule has 0 aliphatic carbocycles. The van der Waals surface area contributed by atoms with E-state index in [1.165, 1.54) is 37.4 Å². The molecule has 8 heteroatoms. The van der Waals surface area contributed by atoms with Gasteiger partial charge in [0.1, 0.15) is 6.54 Å². The summed E-state index contributed by atoms with van der Waals surface area (Å²) in [7, 11) is -2.82. The molecule has 0 spiro atoms. The van der Waals surface area contributed by atoms with E-state index in [1.807, 2.05) is 24.3 Å². The van der Waals surface area contributed by atoms with E-state index in [0.29, 0.717) is 0 Å². The maximum Gasteiger partial charge on any atom is 0.337 e. The van der Waals surface area contributed by atoms with Gasteiger partial charge in [0.05, 0.1) is 29.9 Å². The molecule has 3 aromatic carbocycles. The normalized spacial score (nSPS) is 11.1. The third-order valence-corrected chi connectivity index (χ3v) is 6.23. The summed E-state index contributed by atoms with van der Waals surface area (Å²) >= 11 is 0. The van der Waals surface area contributed by atoms with Crippen LogP contribution in [0.5, 0.6) is 0 Å². The van der Waals surface area contributed by atoms with Crippen LogP contribution in [0, 0.1) is 0 Å². The van der Waals surface area contributed by atoms with Crippen LogP contribution in [0.25, 0.3) is 10.8 Å². The van der Waals surface area contributed by atoms with Crippen molar-refractivity contribution in [2.24, 2.45) is 0 Å². The van der Waals surface area contributed by atoms with Crippen molar-refractivity contribution in [1.29, 1.82) is 0 Å². The lowest BCUT2D eigenvalue weighted by Crippen LogP contribution is -2.36. The molecule has 0 saturated carbocycles. The fourth-order valence-corrected chi connectivity index (χ4v) is 4.42. The molecule has 0 radical (unpaired) electrons. The quantitative estimate of drug-likeness (QED) is 0.537. The van der Waals surface area contributed by atoms with Crippen LogP contribution in [-0.2, 0) is 24.3 Å². The molecule has 0 aliphatic rings.